The molecule has 2 rings (SSSR count). The van der Waals surface area contributed by atoms with E-state index in [-0.39, 0.29) is 47.1 Å². The molecule has 0 saturated heterocycles. The maximum Gasteiger partial charge on any atom is 0.341 e. The van der Waals surface area contributed by atoms with Crippen LogP contribution in [0.25, 0.3) is 0 Å². The molecule has 1 saturated carbocycles. The van der Waals surface area contributed by atoms with Crippen molar-refractivity contribution in [3.8, 4) is 0 Å². The summed E-state index contributed by atoms with van der Waals surface area (Å²) in [4.78, 5) is 36.4. The van der Waals surface area contributed by atoms with E-state index >= 15 is 0 Å². The topological polar surface area (TPSA) is 131 Å². The molecule has 5 N–H and O–H groups in total. The number of amides is 2. The monoisotopic (exact) mass is 397 g/mol. The van der Waals surface area contributed by atoms with Gasteiger partial charge in [-0.1, -0.05) is 12.8 Å². The first-order valence-electron chi connectivity index (χ1n) is 9.13. The van der Waals surface area contributed by atoms with Gasteiger partial charge in [-0.2, -0.15) is 0 Å². The summed E-state index contributed by atoms with van der Waals surface area (Å²) in [5.74, 6) is -1.28. The van der Waals surface area contributed by atoms with Crippen LogP contribution in [0.3, 0.4) is 0 Å². The molecule has 1 aliphatic carbocycles. The van der Waals surface area contributed by atoms with Crippen molar-refractivity contribution in [1.82, 2.24) is 5.32 Å². The fourth-order valence-corrected chi connectivity index (χ4v) is 4.48. The van der Waals surface area contributed by atoms with Crippen LogP contribution in [0.5, 0.6) is 0 Å². The van der Waals surface area contributed by atoms with E-state index in [9.17, 15) is 19.5 Å². The Hall–Kier alpha value is -1.97. The number of aliphatic hydroxyl groups excluding tert-OH is 1. The molecule has 1 aromatic heterocycles. The zero-order chi connectivity index (χ0) is 20.0. The van der Waals surface area contributed by atoms with Gasteiger partial charge in [0.2, 0.25) is 5.91 Å². The van der Waals surface area contributed by atoms with Crippen molar-refractivity contribution in [3.05, 3.63) is 16.0 Å². The first kappa shape index (κ1) is 21.3. The van der Waals surface area contributed by atoms with Crippen LogP contribution in [-0.4, -0.2) is 48.7 Å². The molecule has 1 fully saturated rings. The molecular formula is C18H27N3O5S. The van der Waals surface area contributed by atoms with Crippen LogP contribution >= 0.6 is 11.3 Å². The van der Waals surface area contributed by atoms with Crippen LogP contribution < -0.4 is 16.4 Å². The van der Waals surface area contributed by atoms with Crippen LogP contribution in [0, 0.1) is 12.8 Å². The first-order chi connectivity index (χ1) is 12.9. The van der Waals surface area contributed by atoms with Crippen molar-refractivity contribution in [2.75, 3.05) is 25.1 Å². The molecule has 0 aliphatic heterocycles. The van der Waals surface area contributed by atoms with Gasteiger partial charge in [0.15, 0.2) is 0 Å². The molecular weight excluding hydrogens is 370 g/mol. The Morgan fingerprint density at radius 3 is 2.56 bits per heavy atom. The number of anilines is 1. The van der Waals surface area contributed by atoms with Crippen molar-refractivity contribution < 1.29 is 24.2 Å². The van der Waals surface area contributed by atoms with Gasteiger partial charge in [-0.05, 0) is 38.2 Å². The number of carbonyl (C=O) groups is 3. The Labute approximate surface area is 162 Å². The second-order valence-corrected chi connectivity index (χ2v) is 7.63. The van der Waals surface area contributed by atoms with Crippen molar-refractivity contribution in [2.45, 2.75) is 45.6 Å². The van der Waals surface area contributed by atoms with E-state index in [0.717, 1.165) is 37.0 Å². The molecule has 1 aromatic rings. The average molecular weight is 397 g/mol. The predicted molar refractivity (Wildman–Crippen MR) is 103 cm³/mol. The maximum atomic E-state index is 12.4. The molecule has 2 amide bonds. The molecule has 150 valence electrons. The molecule has 1 atom stereocenters. The van der Waals surface area contributed by atoms with Crippen LogP contribution in [0.1, 0.15) is 58.2 Å². The molecule has 1 unspecified atom stereocenters. The standard InChI is InChI=1S/C18H27N3O5S/c1-3-26-18(25)14-10(2)15(16(19)24)27-17(14)21-13(23)8-20-12(9-22)11-6-4-5-7-11/h11-12,20,22H,3-9H2,1-2H3,(H2,19,24)(H,21,23). The molecule has 9 heteroatoms. The Balaban J connectivity index is 2.08. The second-order valence-electron chi connectivity index (χ2n) is 6.61. The SMILES string of the molecule is CCOC(=O)c1c(NC(=O)CNC(CO)C2CCCC2)sc(C(N)=O)c1C. The molecule has 1 heterocycles. The number of hydrogen-bond acceptors (Lipinski definition) is 7. The highest BCUT2D eigenvalue weighted by Crippen LogP contribution is 2.33. The summed E-state index contributed by atoms with van der Waals surface area (Å²) in [5, 5.41) is 15.6. The van der Waals surface area contributed by atoms with E-state index in [4.69, 9.17) is 10.5 Å². The van der Waals surface area contributed by atoms with Gasteiger partial charge in [0.1, 0.15) is 5.00 Å². The van der Waals surface area contributed by atoms with Gasteiger partial charge in [-0.3, -0.25) is 9.59 Å². The third kappa shape index (κ3) is 5.27. The highest BCUT2D eigenvalue weighted by Gasteiger charge is 2.27. The summed E-state index contributed by atoms with van der Waals surface area (Å²) >= 11 is 0.958. The molecule has 0 radical (unpaired) electrons. The number of thiophene rings is 1. The average Bonchev–Trinajstić information content (AvgIpc) is 3.24. The second kappa shape index (κ2) is 9.82. The summed E-state index contributed by atoms with van der Waals surface area (Å²) < 4.78 is 5.02. The number of carbonyl (C=O) groups excluding carboxylic acids is 3. The number of nitrogens with two attached hydrogens (primary N) is 1. The zero-order valence-corrected chi connectivity index (χ0v) is 16.5. The van der Waals surface area contributed by atoms with Gasteiger partial charge in [-0.25, -0.2) is 4.79 Å². The molecule has 0 bridgehead atoms. The summed E-state index contributed by atoms with van der Waals surface area (Å²) in [5.41, 5.74) is 5.90. The number of esters is 1. The van der Waals surface area contributed by atoms with Crippen molar-refractivity contribution >= 4 is 34.1 Å². The summed E-state index contributed by atoms with van der Waals surface area (Å²) in [6.45, 7) is 3.41. The van der Waals surface area contributed by atoms with Gasteiger partial charge in [0.25, 0.3) is 5.91 Å². The number of hydrogen-bond donors (Lipinski definition) is 4. The van der Waals surface area contributed by atoms with Crippen LogP contribution in [-0.2, 0) is 9.53 Å². The van der Waals surface area contributed by atoms with Crippen molar-refractivity contribution in [1.29, 1.82) is 0 Å². The number of rotatable bonds is 9. The minimum absolute atomic E-state index is 0.00710. The lowest BCUT2D eigenvalue weighted by atomic mass is 9.99. The van der Waals surface area contributed by atoms with Crippen LogP contribution in [0.4, 0.5) is 5.00 Å². The normalized spacial score (nSPS) is 15.5. The number of ether oxygens (including phenoxy) is 1. The van der Waals surface area contributed by atoms with Gasteiger partial charge in [0, 0.05) is 6.04 Å². The quantitative estimate of drug-likeness (QED) is 0.466. The lowest BCUT2D eigenvalue weighted by Crippen LogP contribution is -2.42. The zero-order valence-electron chi connectivity index (χ0n) is 15.7. The third-order valence-electron chi connectivity index (χ3n) is 4.79. The number of nitrogens with one attached hydrogen (secondary N) is 2. The minimum atomic E-state index is -0.664. The van der Waals surface area contributed by atoms with E-state index in [0.29, 0.717) is 11.5 Å². The lowest BCUT2D eigenvalue weighted by Gasteiger charge is -2.22. The third-order valence-corrected chi connectivity index (χ3v) is 6.02. The minimum Gasteiger partial charge on any atom is -0.462 e. The molecule has 1 aliphatic rings. The van der Waals surface area contributed by atoms with Crippen LogP contribution in [0.2, 0.25) is 0 Å². The van der Waals surface area contributed by atoms with E-state index < -0.39 is 11.9 Å². The number of aliphatic hydroxyl groups is 1. The molecule has 0 spiro atoms. The first-order valence-corrected chi connectivity index (χ1v) is 9.95. The Morgan fingerprint density at radius 1 is 1.33 bits per heavy atom. The van der Waals surface area contributed by atoms with E-state index in [1.54, 1.807) is 13.8 Å². The van der Waals surface area contributed by atoms with Crippen molar-refractivity contribution in [2.24, 2.45) is 11.7 Å². The van der Waals surface area contributed by atoms with Crippen molar-refractivity contribution in [3.63, 3.8) is 0 Å². The van der Waals surface area contributed by atoms with Gasteiger partial charge >= 0.3 is 5.97 Å². The fraction of sp³-hybridized carbons (Fsp3) is 0.611. The Bertz CT molecular complexity index is 697. The van der Waals surface area contributed by atoms with E-state index in [1.165, 1.54) is 0 Å². The number of primary amides is 1. The summed E-state index contributed by atoms with van der Waals surface area (Å²) in [7, 11) is 0. The fourth-order valence-electron chi connectivity index (χ4n) is 3.42. The van der Waals surface area contributed by atoms with E-state index in [1.807, 2.05) is 0 Å². The van der Waals surface area contributed by atoms with Crippen LogP contribution in [0.15, 0.2) is 0 Å². The molecule has 27 heavy (non-hydrogen) atoms. The predicted octanol–water partition coefficient (Wildman–Crippen LogP) is 1.41. The van der Waals surface area contributed by atoms with Gasteiger partial charge in [0.05, 0.1) is 30.2 Å². The Morgan fingerprint density at radius 2 is 2.00 bits per heavy atom. The summed E-state index contributed by atoms with van der Waals surface area (Å²) in [6, 6.07) is -0.131. The maximum absolute atomic E-state index is 12.4. The summed E-state index contributed by atoms with van der Waals surface area (Å²) in [6.07, 6.45) is 4.36. The highest BCUT2D eigenvalue weighted by atomic mass is 32.1. The van der Waals surface area contributed by atoms with E-state index in [2.05, 4.69) is 10.6 Å². The van der Waals surface area contributed by atoms with Gasteiger partial charge in [-0.15, -0.1) is 11.3 Å². The molecule has 8 nitrogen and oxygen atoms in total. The largest absolute Gasteiger partial charge is 0.462 e. The smallest absolute Gasteiger partial charge is 0.341 e. The molecule has 0 aromatic carbocycles. The highest BCUT2D eigenvalue weighted by molar-refractivity contribution is 7.18. The lowest BCUT2D eigenvalue weighted by molar-refractivity contribution is -0.115. The Kier molecular flexibility index (Phi) is 7.76. The van der Waals surface area contributed by atoms with Gasteiger partial charge < -0.3 is 26.2 Å².